The summed E-state index contributed by atoms with van der Waals surface area (Å²) in [4.78, 5) is 2.46. The summed E-state index contributed by atoms with van der Waals surface area (Å²) in [5.41, 5.74) is 2.69. The van der Waals surface area contributed by atoms with Crippen LogP contribution in [0.25, 0.3) is 10.9 Å². The van der Waals surface area contributed by atoms with Crippen LogP contribution in [-0.2, 0) is 13.1 Å². The maximum absolute atomic E-state index is 3.21. The van der Waals surface area contributed by atoms with Gasteiger partial charge in [-0.05, 0) is 43.2 Å². The summed E-state index contributed by atoms with van der Waals surface area (Å²) in [5, 5.41) is 4.54. The Morgan fingerprint density at radius 2 is 1.95 bits per heavy atom. The van der Waals surface area contributed by atoms with E-state index in [1.807, 2.05) is 7.05 Å². The van der Waals surface area contributed by atoms with E-state index in [9.17, 15) is 0 Å². The van der Waals surface area contributed by atoms with Crippen molar-refractivity contribution in [3.05, 3.63) is 36.0 Å². The van der Waals surface area contributed by atoms with Crippen LogP contribution in [0.2, 0.25) is 0 Å². The van der Waals surface area contributed by atoms with Gasteiger partial charge in [-0.25, -0.2) is 0 Å². The number of benzene rings is 1. The van der Waals surface area contributed by atoms with Gasteiger partial charge in [0.2, 0.25) is 0 Å². The maximum atomic E-state index is 3.21. The van der Waals surface area contributed by atoms with Crippen LogP contribution in [-0.4, -0.2) is 36.1 Å². The van der Waals surface area contributed by atoms with Crippen molar-refractivity contribution in [2.75, 3.05) is 26.7 Å². The van der Waals surface area contributed by atoms with Gasteiger partial charge in [0.15, 0.2) is 0 Å². The quantitative estimate of drug-likeness (QED) is 0.825. The van der Waals surface area contributed by atoms with E-state index in [1.54, 1.807) is 0 Å². The molecule has 1 aromatic heterocycles. The predicted molar refractivity (Wildman–Crippen MR) is 82.5 cm³/mol. The Bertz CT molecular complexity index is 512. The fraction of sp³-hybridized carbons (Fsp3) is 0.500. The van der Waals surface area contributed by atoms with Crippen molar-refractivity contribution in [1.29, 1.82) is 0 Å². The highest BCUT2D eigenvalue weighted by atomic mass is 15.1. The Hall–Kier alpha value is -1.32. The molecule has 104 valence electrons. The third-order valence-corrected chi connectivity index (χ3v) is 3.77. The summed E-state index contributed by atoms with van der Waals surface area (Å²) in [7, 11) is 1.99. The largest absolute Gasteiger partial charge is 0.346 e. The third-order valence-electron chi connectivity index (χ3n) is 3.77. The van der Waals surface area contributed by atoms with Crippen molar-refractivity contribution in [2.45, 2.75) is 26.9 Å². The van der Waals surface area contributed by atoms with Crippen molar-refractivity contribution in [3.63, 3.8) is 0 Å². The number of hydrogen-bond acceptors (Lipinski definition) is 2. The first kappa shape index (κ1) is 14.1. The molecule has 0 amide bonds. The first-order valence-electron chi connectivity index (χ1n) is 7.23. The third kappa shape index (κ3) is 3.37. The molecule has 0 aliphatic rings. The molecule has 3 heteroatoms. The van der Waals surface area contributed by atoms with Crippen LogP contribution in [0.4, 0.5) is 0 Å². The lowest BCUT2D eigenvalue weighted by molar-refractivity contribution is 0.292. The first-order chi connectivity index (χ1) is 9.28. The monoisotopic (exact) mass is 259 g/mol. The molecule has 0 atom stereocenters. The number of rotatable bonds is 7. The number of nitrogens with one attached hydrogen (secondary N) is 1. The van der Waals surface area contributed by atoms with E-state index in [1.165, 1.54) is 16.5 Å². The Morgan fingerprint density at radius 1 is 1.16 bits per heavy atom. The Morgan fingerprint density at radius 3 is 2.63 bits per heavy atom. The van der Waals surface area contributed by atoms with Crippen LogP contribution in [0.5, 0.6) is 0 Å². The number of hydrogen-bond donors (Lipinski definition) is 1. The average Bonchev–Trinajstić information content (AvgIpc) is 2.83. The van der Waals surface area contributed by atoms with Crippen molar-refractivity contribution in [1.82, 2.24) is 14.8 Å². The molecule has 2 rings (SSSR count). The van der Waals surface area contributed by atoms with Crippen molar-refractivity contribution in [3.8, 4) is 0 Å². The lowest BCUT2D eigenvalue weighted by Gasteiger charge is -2.18. The van der Waals surface area contributed by atoms with Gasteiger partial charge >= 0.3 is 0 Å². The van der Waals surface area contributed by atoms with Crippen molar-refractivity contribution >= 4 is 10.9 Å². The van der Waals surface area contributed by atoms with Crippen LogP contribution < -0.4 is 5.32 Å². The highest BCUT2D eigenvalue weighted by Gasteiger charge is 2.04. The summed E-state index contributed by atoms with van der Waals surface area (Å²) in [6, 6.07) is 8.93. The van der Waals surface area contributed by atoms with Gasteiger partial charge in [-0.2, -0.15) is 0 Å². The van der Waals surface area contributed by atoms with E-state index < -0.39 is 0 Å². The summed E-state index contributed by atoms with van der Waals surface area (Å²) < 4.78 is 2.37. The molecule has 0 spiro atoms. The van der Waals surface area contributed by atoms with E-state index in [2.05, 4.69) is 59.1 Å². The van der Waals surface area contributed by atoms with Gasteiger partial charge in [-0.1, -0.05) is 26.0 Å². The molecule has 0 unspecified atom stereocenters. The van der Waals surface area contributed by atoms with E-state index >= 15 is 0 Å². The van der Waals surface area contributed by atoms with Gasteiger partial charge < -0.3 is 14.8 Å². The second kappa shape index (κ2) is 6.73. The molecule has 0 aliphatic carbocycles. The highest BCUT2D eigenvalue weighted by molar-refractivity contribution is 5.80. The minimum atomic E-state index is 0.928. The highest BCUT2D eigenvalue weighted by Crippen LogP contribution is 2.17. The van der Waals surface area contributed by atoms with E-state index in [0.29, 0.717) is 0 Å². The second-order valence-corrected chi connectivity index (χ2v) is 4.96. The smallest absolute Gasteiger partial charge is 0.0483 e. The van der Waals surface area contributed by atoms with Crippen LogP contribution in [0.15, 0.2) is 30.5 Å². The van der Waals surface area contributed by atoms with Crippen LogP contribution in [0.1, 0.15) is 19.4 Å². The molecule has 2 aromatic rings. The average molecular weight is 259 g/mol. The van der Waals surface area contributed by atoms with Gasteiger partial charge in [-0.3, -0.25) is 0 Å². The molecular formula is C16H25N3. The lowest BCUT2D eigenvalue weighted by Crippen LogP contribution is -2.26. The molecule has 1 aromatic carbocycles. The lowest BCUT2D eigenvalue weighted by atomic mass is 10.1. The molecule has 1 heterocycles. The minimum Gasteiger partial charge on any atom is -0.346 e. The van der Waals surface area contributed by atoms with Crippen LogP contribution >= 0.6 is 0 Å². The Labute approximate surface area is 116 Å². The minimum absolute atomic E-state index is 0.928. The molecule has 0 aliphatic heterocycles. The summed E-state index contributed by atoms with van der Waals surface area (Å²) >= 11 is 0. The zero-order valence-corrected chi connectivity index (χ0v) is 12.3. The van der Waals surface area contributed by atoms with Gasteiger partial charge in [0.25, 0.3) is 0 Å². The molecular weight excluding hydrogens is 234 g/mol. The zero-order chi connectivity index (χ0) is 13.7. The Kier molecular flexibility index (Phi) is 5.00. The number of likely N-dealkylation sites (N-methyl/N-ethyl adjacent to an activating group) is 1. The van der Waals surface area contributed by atoms with Crippen molar-refractivity contribution in [2.24, 2.45) is 0 Å². The molecule has 19 heavy (non-hydrogen) atoms. The normalized spacial score (nSPS) is 11.6. The summed E-state index contributed by atoms with van der Waals surface area (Å²) in [5.74, 6) is 0. The molecule has 3 nitrogen and oxygen atoms in total. The predicted octanol–water partition coefficient (Wildman–Crippen LogP) is 2.70. The van der Waals surface area contributed by atoms with E-state index in [4.69, 9.17) is 0 Å². The summed E-state index contributed by atoms with van der Waals surface area (Å²) in [6.45, 7) is 9.81. The SMILES string of the molecule is CCN(CC)CCn1ccc2ccc(CNC)cc21. The zero-order valence-electron chi connectivity index (χ0n) is 12.3. The number of fused-ring (bicyclic) bond motifs is 1. The van der Waals surface area contributed by atoms with E-state index in [0.717, 1.165) is 32.7 Å². The standard InChI is InChI=1S/C16H25N3/c1-4-18(5-2)10-11-19-9-8-15-7-6-14(13-17-3)12-16(15)19/h6-9,12,17H,4-5,10-11,13H2,1-3H3. The molecule has 0 saturated carbocycles. The topological polar surface area (TPSA) is 20.2 Å². The van der Waals surface area contributed by atoms with Gasteiger partial charge in [0, 0.05) is 31.3 Å². The molecule has 1 N–H and O–H groups in total. The second-order valence-electron chi connectivity index (χ2n) is 4.96. The fourth-order valence-electron chi connectivity index (χ4n) is 2.53. The van der Waals surface area contributed by atoms with Gasteiger partial charge in [0.1, 0.15) is 0 Å². The Balaban J connectivity index is 2.16. The van der Waals surface area contributed by atoms with Gasteiger partial charge in [0.05, 0.1) is 0 Å². The van der Waals surface area contributed by atoms with Crippen LogP contribution in [0.3, 0.4) is 0 Å². The van der Waals surface area contributed by atoms with Gasteiger partial charge in [-0.15, -0.1) is 0 Å². The molecule has 0 radical (unpaired) electrons. The maximum Gasteiger partial charge on any atom is 0.0483 e. The molecule has 0 saturated heterocycles. The van der Waals surface area contributed by atoms with E-state index in [-0.39, 0.29) is 0 Å². The van der Waals surface area contributed by atoms with Crippen molar-refractivity contribution < 1.29 is 0 Å². The molecule has 0 fully saturated rings. The summed E-state index contributed by atoms with van der Waals surface area (Å²) in [6.07, 6.45) is 2.21. The fourth-order valence-corrected chi connectivity index (χ4v) is 2.53. The molecule has 0 bridgehead atoms. The number of aromatic nitrogens is 1. The van der Waals surface area contributed by atoms with Crippen LogP contribution in [0, 0.1) is 0 Å². The first-order valence-corrected chi connectivity index (χ1v) is 7.23. The number of nitrogens with zero attached hydrogens (tertiary/aromatic N) is 2.